The average Bonchev–Trinajstić information content (AvgIpc) is 3.42. The summed E-state index contributed by atoms with van der Waals surface area (Å²) in [6.45, 7) is 0.313. The Morgan fingerprint density at radius 1 is 0.745 bits per heavy atom. The molecule has 254 valence electrons. The van der Waals surface area contributed by atoms with Crippen LogP contribution in [0.1, 0.15) is 75.7 Å². The van der Waals surface area contributed by atoms with Gasteiger partial charge in [0.2, 0.25) is 23.6 Å². The number of carbonyl (C=O) groups is 6. The molecule has 13 nitrogen and oxygen atoms in total. The van der Waals surface area contributed by atoms with Gasteiger partial charge in [0.25, 0.3) is 0 Å². The molecular weight excluding hydrogens is 612 g/mol. The molecule has 47 heavy (non-hydrogen) atoms. The van der Waals surface area contributed by atoms with Gasteiger partial charge in [0, 0.05) is 49.5 Å². The zero-order valence-electron chi connectivity index (χ0n) is 26.7. The first kappa shape index (κ1) is 33.9. The Morgan fingerprint density at radius 2 is 1.32 bits per heavy atom. The Morgan fingerprint density at radius 3 is 1.87 bits per heavy atom. The monoisotopic (exact) mass is 654 g/mol. The molecule has 2 aliphatic carbocycles. The van der Waals surface area contributed by atoms with Crippen LogP contribution in [-0.2, 0) is 28.8 Å². The van der Waals surface area contributed by atoms with Gasteiger partial charge < -0.3 is 24.8 Å². The number of carboxylic acid groups (broad SMARTS) is 2. The Bertz CT molecular complexity index is 1490. The molecule has 3 fully saturated rings. The van der Waals surface area contributed by atoms with Gasteiger partial charge in [0.1, 0.15) is 17.2 Å². The third-order valence-electron chi connectivity index (χ3n) is 10.2. The van der Waals surface area contributed by atoms with Gasteiger partial charge in [-0.05, 0) is 44.4 Å². The number of aliphatic carboxylic acids is 2. The van der Waals surface area contributed by atoms with Crippen molar-refractivity contribution in [3.63, 3.8) is 0 Å². The summed E-state index contributed by atoms with van der Waals surface area (Å²) in [7, 11) is 2.87. The van der Waals surface area contributed by atoms with E-state index in [1.165, 1.54) is 30.1 Å². The molecule has 3 N–H and O–H groups in total. The van der Waals surface area contributed by atoms with Crippen molar-refractivity contribution in [3.05, 3.63) is 29.3 Å². The number of likely N-dealkylation sites (tertiary alicyclic amines) is 2. The highest BCUT2D eigenvalue weighted by Gasteiger charge is 2.62. The molecule has 5 rings (SSSR count). The number of carbonyl (C=O) groups excluding carboxylic acids is 4. The van der Waals surface area contributed by atoms with Crippen molar-refractivity contribution in [3.8, 4) is 17.2 Å². The summed E-state index contributed by atoms with van der Waals surface area (Å²) >= 11 is 0. The van der Waals surface area contributed by atoms with Crippen LogP contribution in [-0.4, -0.2) is 88.0 Å². The number of allylic oxidation sites excluding steroid dienone is 2. The number of hydrogen-bond donors (Lipinski definition) is 3. The van der Waals surface area contributed by atoms with E-state index in [0.717, 1.165) is 5.57 Å². The number of nitrogens with zero attached hydrogens (tertiary/aromatic N) is 2. The van der Waals surface area contributed by atoms with Crippen molar-refractivity contribution in [2.24, 2.45) is 29.6 Å². The standard InChI is InChI=1S/C34H42N2O11/c1-46-18-15-23(37)30(24(16-18)47-2)28-19-11-12-20-27(33(44)35(31(20)42)13-7-3-5-9-25(38)39)21(19)17-22-29(28)34(45)36(32(22)43)14-8-4-6-10-26(40)41/h11,15-16,20-22,27-29,37H,3-10,12-14,17H2,1-2H3,(H,38,39)(H,40,41)/t20-,21+,22+,27-,28-,29+/m0/s1. The second kappa shape index (κ2) is 14.1. The molecule has 6 atom stereocenters. The third-order valence-corrected chi connectivity index (χ3v) is 10.2. The molecule has 0 aromatic heterocycles. The zero-order valence-corrected chi connectivity index (χ0v) is 26.7. The molecule has 2 heterocycles. The highest BCUT2D eigenvalue weighted by molar-refractivity contribution is 6.08. The average molecular weight is 655 g/mol. The summed E-state index contributed by atoms with van der Waals surface area (Å²) in [4.78, 5) is 79.8. The number of fused-ring (bicyclic) bond motifs is 4. The second-order valence-corrected chi connectivity index (χ2v) is 12.9. The van der Waals surface area contributed by atoms with Crippen LogP contribution in [0.4, 0.5) is 0 Å². The number of phenolic OH excluding ortho intramolecular Hbond substituents is 1. The lowest BCUT2D eigenvalue weighted by Gasteiger charge is -2.44. The van der Waals surface area contributed by atoms with E-state index in [-0.39, 0.29) is 68.0 Å². The first-order chi connectivity index (χ1) is 22.5. The lowest BCUT2D eigenvalue weighted by atomic mass is 9.57. The second-order valence-electron chi connectivity index (χ2n) is 12.9. The summed E-state index contributed by atoms with van der Waals surface area (Å²) < 4.78 is 11.0. The number of unbranched alkanes of at least 4 members (excludes halogenated alkanes) is 4. The highest BCUT2D eigenvalue weighted by Crippen LogP contribution is 2.60. The van der Waals surface area contributed by atoms with Gasteiger partial charge in [-0.25, -0.2) is 0 Å². The number of imide groups is 2. The third kappa shape index (κ3) is 6.44. The summed E-state index contributed by atoms with van der Waals surface area (Å²) in [5, 5.41) is 29.2. The number of phenols is 1. The maximum atomic E-state index is 14.1. The van der Waals surface area contributed by atoms with E-state index in [4.69, 9.17) is 19.7 Å². The Balaban J connectivity index is 1.47. The fourth-order valence-corrected chi connectivity index (χ4v) is 8.11. The molecule has 2 saturated heterocycles. The van der Waals surface area contributed by atoms with Crippen LogP contribution < -0.4 is 9.47 Å². The molecule has 13 heteroatoms. The largest absolute Gasteiger partial charge is 0.507 e. The SMILES string of the molecule is COc1cc(O)c([C@H]2C3=CC[C@@H]4C(=O)N(CCCCCC(=O)O)C(=O)[C@@H]4[C@@H]3C[C@H]3C(=O)N(CCCCCC(=O)O)C(=O)[C@@H]23)c(OC)c1. The normalized spacial score (nSPS) is 26.6. The van der Waals surface area contributed by atoms with Crippen LogP contribution in [0, 0.1) is 29.6 Å². The summed E-state index contributed by atoms with van der Waals surface area (Å²) in [5.74, 6) is -7.13. The number of ether oxygens (including phenoxy) is 2. The fourth-order valence-electron chi connectivity index (χ4n) is 8.11. The molecule has 4 aliphatic rings. The number of aromatic hydroxyl groups is 1. The molecule has 0 spiro atoms. The number of amides is 4. The minimum Gasteiger partial charge on any atom is -0.507 e. The Kier molecular flexibility index (Phi) is 10.2. The van der Waals surface area contributed by atoms with Gasteiger partial charge in [-0.1, -0.05) is 24.5 Å². The van der Waals surface area contributed by atoms with Crippen molar-refractivity contribution < 1.29 is 53.6 Å². The van der Waals surface area contributed by atoms with Crippen molar-refractivity contribution in [1.29, 1.82) is 0 Å². The van der Waals surface area contributed by atoms with E-state index < -0.39 is 53.4 Å². The summed E-state index contributed by atoms with van der Waals surface area (Å²) in [6, 6.07) is 3.01. The predicted octanol–water partition coefficient (Wildman–Crippen LogP) is 3.34. The van der Waals surface area contributed by atoms with Crippen LogP contribution in [0.2, 0.25) is 0 Å². The first-order valence-electron chi connectivity index (χ1n) is 16.3. The number of carboxylic acids is 2. The molecule has 0 unspecified atom stereocenters. The van der Waals surface area contributed by atoms with Gasteiger partial charge in [-0.3, -0.25) is 38.6 Å². The van der Waals surface area contributed by atoms with E-state index in [1.807, 2.05) is 6.08 Å². The molecule has 4 amide bonds. The van der Waals surface area contributed by atoms with E-state index in [2.05, 4.69) is 0 Å². The number of hydrogen-bond acceptors (Lipinski definition) is 9. The van der Waals surface area contributed by atoms with E-state index in [1.54, 1.807) is 6.07 Å². The Hall–Kier alpha value is -4.42. The maximum absolute atomic E-state index is 14.1. The van der Waals surface area contributed by atoms with Crippen molar-refractivity contribution in [1.82, 2.24) is 9.80 Å². The molecule has 0 radical (unpaired) electrons. The Labute approximate surface area is 272 Å². The zero-order chi connectivity index (χ0) is 34.0. The number of rotatable bonds is 15. The van der Waals surface area contributed by atoms with E-state index in [0.29, 0.717) is 49.8 Å². The first-order valence-corrected chi connectivity index (χ1v) is 16.3. The molecule has 1 aromatic rings. The van der Waals surface area contributed by atoms with Gasteiger partial charge in [0.05, 0.1) is 37.9 Å². The van der Waals surface area contributed by atoms with Crippen LogP contribution in [0.5, 0.6) is 17.2 Å². The molecule has 1 aromatic carbocycles. The topological polar surface area (TPSA) is 188 Å². The van der Waals surface area contributed by atoms with Crippen LogP contribution >= 0.6 is 0 Å². The lowest BCUT2D eigenvalue weighted by Crippen LogP contribution is -2.43. The van der Waals surface area contributed by atoms with Crippen molar-refractivity contribution in [2.75, 3.05) is 27.3 Å². The molecule has 2 aliphatic heterocycles. The molecule has 0 bridgehead atoms. The van der Waals surface area contributed by atoms with Gasteiger partial charge in [0.15, 0.2) is 0 Å². The maximum Gasteiger partial charge on any atom is 0.303 e. The lowest BCUT2D eigenvalue weighted by molar-refractivity contribution is -0.142. The fraction of sp³-hybridized carbons (Fsp3) is 0.588. The van der Waals surface area contributed by atoms with Crippen LogP contribution in [0.15, 0.2) is 23.8 Å². The summed E-state index contributed by atoms with van der Waals surface area (Å²) in [5.41, 5.74) is 1.04. The van der Waals surface area contributed by atoms with E-state index >= 15 is 0 Å². The number of benzene rings is 1. The van der Waals surface area contributed by atoms with Gasteiger partial charge in [-0.2, -0.15) is 0 Å². The number of methoxy groups -OCH3 is 2. The smallest absolute Gasteiger partial charge is 0.303 e. The minimum atomic E-state index is -0.911. The van der Waals surface area contributed by atoms with Gasteiger partial charge in [-0.15, -0.1) is 0 Å². The predicted molar refractivity (Wildman–Crippen MR) is 164 cm³/mol. The van der Waals surface area contributed by atoms with Crippen molar-refractivity contribution in [2.45, 2.75) is 70.1 Å². The van der Waals surface area contributed by atoms with Crippen molar-refractivity contribution >= 4 is 35.6 Å². The van der Waals surface area contributed by atoms with Crippen LogP contribution in [0.3, 0.4) is 0 Å². The minimum absolute atomic E-state index is 0.00372. The molecular formula is C34H42N2O11. The van der Waals surface area contributed by atoms with E-state index in [9.17, 15) is 33.9 Å². The summed E-state index contributed by atoms with van der Waals surface area (Å²) in [6.07, 6.45) is 5.22. The quantitative estimate of drug-likeness (QED) is 0.143. The molecule has 1 saturated carbocycles. The van der Waals surface area contributed by atoms with Gasteiger partial charge >= 0.3 is 11.9 Å². The van der Waals surface area contributed by atoms with Crippen LogP contribution in [0.25, 0.3) is 0 Å². The highest BCUT2D eigenvalue weighted by atomic mass is 16.5.